The van der Waals surface area contributed by atoms with Gasteiger partial charge in [0.15, 0.2) is 5.82 Å². The number of nitrogens with zero attached hydrogens (tertiary/aromatic N) is 3. The molecular weight excluding hydrogens is 266 g/mol. The monoisotopic (exact) mass is 277 g/mol. The number of benzene rings is 1. The summed E-state index contributed by atoms with van der Waals surface area (Å²) in [6.07, 6.45) is 1.23. The highest BCUT2D eigenvalue weighted by molar-refractivity contribution is 6.30. The standard InChI is InChI=1S/C13H12ClN3O2/c1-8-15-16-11(9-2-4-10(14)5-3-9)17(8)13(6-7-13)12(18)19/h2-5H,6-7H2,1H3,(H,18,19). The van der Waals surface area contributed by atoms with Gasteiger partial charge in [-0.05, 0) is 44.0 Å². The molecule has 0 amide bonds. The second-order valence-corrected chi connectivity index (χ2v) is 5.19. The van der Waals surface area contributed by atoms with Crippen molar-refractivity contribution in [3.8, 4) is 11.4 Å². The van der Waals surface area contributed by atoms with Crippen LogP contribution in [0.15, 0.2) is 24.3 Å². The lowest BCUT2D eigenvalue weighted by Gasteiger charge is -2.16. The molecule has 6 heteroatoms. The summed E-state index contributed by atoms with van der Waals surface area (Å²) in [6.45, 7) is 1.77. The Hall–Kier alpha value is -1.88. The molecule has 1 aliphatic carbocycles. The smallest absolute Gasteiger partial charge is 0.330 e. The highest BCUT2D eigenvalue weighted by atomic mass is 35.5. The average molecular weight is 278 g/mol. The number of aromatic nitrogens is 3. The Labute approximate surface area is 114 Å². The number of carboxylic acids is 1. The highest BCUT2D eigenvalue weighted by Crippen LogP contribution is 2.46. The molecule has 5 nitrogen and oxygen atoms in total. The van der Waals surface area contributed by atoms with Gasteiger partial charge in [0.1, 0.15) is 11.4 Å². The van der Waals surface area contributed by atoms with Crippen molar-refractivity contribution in [1.82, 2.24) is 14.8 Å². The quantitative estimate of drug-likeness (QED) is 0.936. The van der Waals surface area contributed by atoms with Crippen molar-refractivity contribution in [2.75, 3.05) is 0 Å². The Morgan fingerprint density at radius 1 is 1.32 bits per heavy atom. The zero-order valence-corrected chi connectivity index (χ0v) is 11.1. The molecule has 1 heterocycles. The van der Waals surface area contributed by atoms with Crippen LogP contribution in [-0.2, 0) is 10.3 Å². The van der Waals surface area contributed by atoms with Gasteiger partial charge < -0.3 is 5.11 Å². The van der Waals surface area contributed by atoms with E-state index >= 15 is 0 Å². The summed E-state index contributed by atoms with van der Waals surface area (Å²) in [5, 5.41) is 18.2. The third-order valence-electron chi connectivity index (χ3n) is 3.48. The fourth-order valence-corrected chi connectivity index (χ4v) is 2.44. The number of rotatable bonds is 3. The Balaban J connectivity index is 2.14. The van der Waals surface area contributed by atoms with Crippen molar-refractivity contribution < 1.29 is 9.90 Å². The zero-order chi connectivity index (χ0) is 13.6. The first-order chi connectivity index (χ1) is 9.04. The molecule has 1 aromatic heterocycles. The molecule has 0 spiro atoms. The summed E-state index contributed by atoms with van der Waals surface area (Å²) in [6, 6.07) is 7.15. The molecular formula is C13H12ClN3O2. The lowest BCUT2D eigenvalue weighted by Crippen LogP contribution is -2.29. The minimum atomic E-state index is -0.872. The van der Waals surface area contributed by atoms with Crippen LogP contribution in [0.25, 0.3) is 11.4 Å². The predicted octanol–water partition coefficient (Wildman–Crippen LogP) is 2.48. The minimum absolute atomic E-state index is 0.578. The van der Waals surface area contributed by atoms with Crippen LogP contribution in [0.5, 0.6) is 0 Å². The second-order valence-electron chi connectivity index (χ2n) is 4.75. The molecule has 1 saturated carbocycles. The number of carboxylic acid groups (broad SMARTS) is 1. The van der Waals surface area contributed by atoms with E-state index in [2.05, 4.69) is 10.2 Å². The Bertz CT molecular complexity index is 644. The number of hydrogen-bond acceptors (Lipinski definition) is 3. The van der Waals surface area contributed by atoms with Crippen LogP contribution in [-0.4, -0.2) is 25.8 Å². The summed E-state index contributed by atoms with van der Waals surface area (Å²) in [5.41, 5.74) is -0.0553. The first kappa shape index (κ1) is 12.2. The first-order valence-corrected chi connectivity index (χ1v) is 6.34. The minimum Gasteiger partial charge on any atom is -0.479 e. The van der Waals surface area contributed by atoms with Crippen molar-refractivity contribution in [1.29, 1.82) is 0 Å². The van der Waals surface area contributed by atoms with Crippen LogP contribution in [0.1, 0.15) is 18.7 Å². The first-order valence-electron chi connectivity index (χ1n) is 5.96. The van der Waals surface area contributed by atoms with E-state index in [0.29, 0.717) is 29.5 Å². The van der Waals surface area contributed by atoms with Crippen molar-refractivity contribution in [3.05, 3.63) is 35.1 Å². The topological polar surface area (TPSA) is 68.0 Å². The number of aryl methyl sites for hydroxylation is 1. The lowest BCUT2D eigenvalue weighted by molar-refractivity contribution is -0.142. The molecule has 0 bridgehead atoms. The molecule has 0 unspecified atom stereocenters. The average Bonchev–Trinajstić information content (AvgIpc) is 3.09. The van der Waals surface area contributed by atoms with E-state index < -0.39 is 11.5 Å². The summed E-state index contributed by atoms with van der Waals surface area (Å²) < 4.78 is 1.72. The fraction of sp³-hybridized carbons (Fsp3) is 0.308. The van der Waals surface area contributed by atoms with Crippen molar-refractivity contribution in [2.45, 2.75) is 25.3 Å². The van der Waals surface area contributed by atoms with Gasteiger partial charge >= 0.3 is 5.97 Å². The largest absolute Gasteiger partial charge is 0.479 e. The van der Waals surface area contributed by atoms with Crippen LogP contribution in [0, 0.1) is 6.92 Å². The van der Waals surface area contributed by atoms with Crippen LogP contribution in [0.4, 0.5) is 0 Å². The van der Waals surface area contributed by atoms with E-state index in [0.717, 1.165) is 5.56 Å². The molecule has 0 radical (unpaired) electrons. The van der Waals surface area contributed by atoms with E-state index in [1.54, 1.807) is 23.6 Å². The number of hydrogen-bond donors (Lipinski definition) is 1. The van der Waals surface area contributed by atoms with E-state index in [1.807, 2.05) is 12.1 Å². The molecule has 1 fully saturated rings. The van der Waals surface area contributed by atoms with Crippen molar-refractivity contribution in [3.63, 3.8) is 0 Å². The highest BCUT2D eigenvalue weighted by Gasteiger charge is 2.54. The summed E-state index contributed by atoms with van der Waals surface area (Å²) >= 11 is 5.86. The maximum Gasteiger partial charge on any atom is 0.330 e. The summed E-state index contributed by atoms with van der Waals surface area (Å²) in [5.74, 6) is 0.365. The molecule has 3 rings (SSSR count). The molecule has 19 heavy (non-hydrogen) atoms. The van der Waals surface area contributed by atoms with E-state index in [9.17, 15) is 9.90 Å². The number of carbonyl (C=O) groups is 1. The van der Waals surface area contributed by atoms with Crippen LogP contribution in [0.2, 0.25) is 5.02 Å². The van der Waals surface area contributed by atoms with E-state index in [1.165, 1.54) is 0 Å². The maximum atomic E-state index is 11.5. The Morgan fingerprint density at radius 2 is 1.95 bits per heavy atom. The third-order valence-corrected chi connectivity index (χ3v) is 3.73. The van der Waals surface area contributed by atoms with Gasteiger partial charge in [-0.1, -0.05) is 11.6 Å². The van der Waals surface area contributed by atoms with Crippen LogP contribution in [0.3, 0.4) is 0 Å². The Morgan fingerprint density at radius 3 is 2.47 bits per heavy atom. The van der Waals surface area contributed by atoms with Gasteiger partial charge in [0, 0.05) is 10.6 Å². The molecule has 2 aromatic rings. The third kappa shape index (κ3) is 1.81. The van der Waals surface area contributed by atoms with Gasteiger partial charge in [-0.15, -0.1) is 10.2 Å². The van der Waals surface area contributed by atoms with Crippen molar-refractivity contribution in [2.24, 2.45) is 0 Å². The van der Waals surface area contributed by atoms with Gasteiger partial charge in [-0.3, -0.25) is 4.57 Å². The lowest BCUT2D eigenvalue weighted by atomic mass is 10.2. The van der Waals surface area contributed by atoms with Gasteiger partial charge in [-0.2, -0.15) is 0 Å². The normalized spacial score (nSPS) is 16.3. The molecule has 0 saturated heterocycles. The molecule has 1 aromatic carbocycles. The zero-order valence-electron chi connectivity index (χ0n) is 10.3. The van der Waals surface area contributed by atoms with Crippen LogP contribution < -0.4 is 0 Å². The summed E-state index contributed by atoms with van der Waals surface area (Å²) in [7, 11) is 0. The van der Waals surface area contributed by atoms with E-state index in [4.69, 9.17) is 11.6 Å². The summed E-state index contributed by atoms with van der Waals surface area (Å²) in [4.78, 5) is 11.5. The number of aliphatic carboxylic acids is 1. The van der Waals surface area contributed by atoms with Gasteiger partial charge in [0.05, 0.1) is 0 Å². The molecule has 1 N–H and O–H groups in total. The molecule has 0 aliphatic heterocycles. The molecule has 0 atom stereocenters. The van der Waals surface area contributed by atoms with Crippen molar-refractivity contribution >= 4 is 17.6 Å². The van der Waals surface area contributed by atoms with Gasteiger partial charge in [0.25, 0.3) is 0 Å². The second kappa shape index (κ2) is 4.06. The van der Waals surface area contributed by atoms with E-state index in [-0.39, 0.29) is 0 Å². The fourth-order valence-electron chi connectivity index (χ4n) is 2.31. The number of halogens is 1. The Kier molecular flexibility index (Phi) is 2.60. The van der Waals surface area contributed by atoms with Gasteiger partial charge in [0.2, 0.25) is 0 Å². The SMILES string of the molecule is Cc1nnc(-c2ccc(Cl)cc2)n1C1(C(=O)O)CC1. The van der Waals surface area contributed by atoms with Gasteiger partial charge in [-0.25, -0.2) is 4.79 Å². The molecule has 1 aliphatic rings. The van der Waals surface area contributed by atoms with Crippen LogP contribution >= 0.6 is 11.6 Å². The predicted molar refractivity (Wildman–Crippen MR) is 70.0 cm³/mol. The maximum absolute atomic E-state index is 11.5. The molecule has 98 valence electrons.